The maximum atomic E-state index is 12.1. The Kier molecular flexibility index (Phi) is 7.56. The third-order valence-corrected chi connectivity index (χ3v) is 4.01. The van der Waals surface area contributed by atoms with Gasteiger partial charge in [0.25, 0.3) is 5.91 Å². The Hall–Kier alpha value is -3.35. The van der Waals surface area contributed by atoms with E-state index in [4.69, 9.17) is 9.47 Å². The number of benzene rings is 2. The highest BCUT2D eigenvalue weighted by molar-refractivity contribution is 6.05. The summed E-state index contributed by atoms with van der Waals surface area (Å²) in [6.07, 6.45) is 0.0759. The van der Waals surface area contributed by atoms with Gasteiger partial charge in [-0.3, -0.25) is 9.59 Å². The molecule has 2 N–H and O–H groups in total. The lowest BCUT2D eigenvalue weighted by atomic mass is 10.1. The average molecular weight is 383 g/mol. The fraction of sp³-hybridized carbons (Fsp3) is 0.286. The maximum absolute atomic E-state index is 12.1. The summed E-state index contributed by atoms with van der Waals surface area (Å²) < 4.78 is 10.4. The van der Waals surface area contributed by atoms with Gasteiger partial charge in [0.2, 0.25) is 5.91 Å². The minimum atomic E-state index is -0.412. The minimum Gasteiger partial charge on any atom is -0.497 e. The predicted molar refractivity (Wildman–Crippen MR) is 109 cm³/mol. The van der Waals surface area contributed by atoms with Crippen LogP contribution in [0.4, 0.5) is 5.69 Å². The highest BCUT2D eigenvalue weighted by atomic mass is 16.5. The zero-order chi connectivity index (χ0) is 20.5. The summed E-state index contributed by atoms with van der Waals surface area (Å²) in [4.78, 5) is 23.9. The van der Waals surface area contributed by atoms with Crippen molar-refractivity contribution in [3.63, 3.8) is 0 Å². The van der Waals surface area contributed by atoms with Crippen LogP contribution >= 0.6 is 0 Å². The monoisotopic (exact) mass is 383 g/mol. The van der Waals surface area contributed by atoms with Crippen LogP contribution in [0.2, 0.25) is 0 Å². The lowest BCUT2D eigenvalue weighted by molar-refractivity contribution is -0.123. The van der Waals surface area contributed by atoms with Gasteiger partial charge in [0.05, 0.1) is 13.5 Å². The third kappa shape index (κ3) is 6.75. The summed E-state index contributed by atoms with van der Waals surface area (Å²) >= 11 is 0. The number of carbonyl (C=O) groups is 2. The van der Waals surface area contributed by atoms with Crippen LogP contribution in [0.3, 0.4) is 0 Å². The van der Waals surface area contributed by atoms with Crippen LogP contribution in [0.5, 0.6) is 11.5 Å². The zero-order valence-corrected chi connectivity index (χ0v) is 16.5. The first-order valence-electron chi connectivity index (χ1n) is 8.83. The predicted octanol–water partition coefficient (Wildman–Crippen LogP) is 3.21. The van der Waals surface area contributed by atoms with Crippen LogP contribution in [0.25, 0.3) is 0 Å². The van der Waals surface area contributed by atoms with Crippen molar-refractivity contribution in [1.29, 1.82) is 0 Å². The summed E-state index contributed by atoms with van der Waals surface area (Å²) in [5.41, 5.74) is 5.87. The van der Waals surface area contributed by atoms with Gasteiger partial charge in [-0.1, -0.05) is 6.07 Å². The number of carbonyl (C=O) groups excluding carboxylic acids is 2. The summed E-state index contributed by atoms with van der Waals surface area (Å²) in [5, 5.41) is 6.75. The number of hydrazone groups is 1. The van der Waals surface area contributed by atoms with Crippen molar-refractivity contribution in [3.05, 3.63) is 53.6 Å². The topological polar surface area (TPSA) is 89.0 Å². The Balaban J connectivity index is 1.76. The van der Waals surface area contributed by atoms with E-state index in [1.165, 1.54) is 0 Å². The number of hydrogen-bond acceptors (Lipinski definition) is 5. The van der Waals surface area contributed by atoms with E-state index in [0.717, 1.165) is 16.8 Å². The molecule has 7 heteroatoms. The second-order valence-electron chi connectivity index (χ2n) is 6.37. The first-order chi connectivity index (χ1) is 13.4. The van der Waals surface area contributed by atoms with E-state index in [-0.39, 0.29) is 18.9 Å². The number of aryl methyl sites for hydroxylation is 2. The summed E-state index contributed by atoms with van der Waals surface area (Å²) in [6.45, 7) is 5.49. The van der Waals surface area contributed by atoms with Crippen molar-refractivity contribution in [1.82, 2.24) is 5.43 Å². The van der Waals surface area contributed by atoms with Gasteiger partial charge in [0, 0.05) is 11.4 Å². The maximum Gasteiger partial charge on any atom is 0.277 e. The molecule has 0 bridgehead atoms. The largest absolute Gasteiger partial charge is 0.497 e. The third-order valence-electron chi connectivity index (χ3n) is 4.01. The van der Waals surface area contributed by atoms with Crippen LogP contribution in [-0.4, -0.2) is 31.2 Å². The van der Waals surface area contributed by atoms with Gasteiger partial charge in [-0.25, -0.2) is 5.43 Å². The van der Waals surface area contributed by atoms with E-state index in [1.807, 2.05) is 32.0 Å². The molecule has 0 aliphatic rings. The normalized spacial score (nSPS) is 10.9. The molecule has 0 atom stereocenters. The van der Waals surface area contributed by atoms with Gasteiger partial charge < -0.3 is 14.8 Å². The van der Waals surface area contributed by atoms with Gasteiger partial charge in [0.15, 0.2) is 6.61 Å². The molecular weight excluding hydrogens is 358 g/mol. The molecule has 2 aromatic carbocycles. The molecular formula is C21H25N3O4. The van der Waals surface area contributed by atoms with Crippen molar-refractivity contribution in [2.75, 3.05) is 19.0 Å². The number of hydrogen-bond donors (Lipinski definition) is 2. The first kappa shape index (κ1) is 21.0. The van der Waals surface area contributed by atoms with Crippen molar-refractivity contribution in [2.45, 2.75) is 27.2 Å². The number of nitrogens with one attached hydrogen (secondary N) is 2. The lowest BCUT2D eigenvalue weighted by Gasteiger charge is -2.08. The molecule has 0 fully saturated rings. The van der Waals surface area contributed by atoms with Gasteiger partial charge in [0.1, 0.15) is 11.5 Å². The SMILES string of the molecule is COc1ccc(OCC(=O)NN=C(C)CC(=O)Nc2ccc(C)c(C)c2)cc1. The molecule has 2 aromatic rings. The van der Waals surface area contributed by atoms with Gasteiger partial charge in [-0.2, -0.15) is 5.10 Å². The molecule has 0 saturated carbocycles. The van der Waals surface area contributed by atoms with Gasteiger partial charge in [-0.15, -0.1) is 0 Å². The average Bonchev–Trinajstić information content (AvgIpc) is 2.68. The molecule has 0 heterocycles. The van der Waals surface area contributed by atoms with Gasteiger partial charge in [-0.05, 0) is 68.3 Å². The Morgan fingerprint density at radius 3 is 2.29 bits per heavy atom. The fourth-order valence-electron chi connectivity index (χ4n) is 2.31. The van der Waals surface area contributed by atoms with E-state index < -0.39 is 5.91 Å². The molecule has 2 rings (SSSR count). The number of anilines is 1. The number of methoxy groups -OCH3 is 1. The van der Waals surface area contributed by atoms with Crippen LogP contribution in [-0.2, 0) is 9.59 Å². The van der Waals surface area contributed by atoms with Crippen LogP contribution in [0, 0.1) is 13.8 Å². The Bertz CT molecular complexity index is 860. The molecule has 148 valence electrons. The van der Waals surface area contributed by atoms with Crippen LogP contribution in [0.1, 0.15) is 24.5 Å². The summed E-state index contributed by atoms with van der Waals surface area (Å²) in [6, 6.07) is 12.6. The number of rotatable bonds is 8. The molecule has 0 aliphatic heterocycles. The van der Waals surface area contributed by atoms with E-state index in [1.54, 1.807) is 38.3 Å². The number of amides is 2. The van der Waals surface area contributed by atoms with E-state index in [9.17, 15) is 9.59 Å². The smallest absolute Gasteiger partial charge is 0.277 e. The molecule has 0 saturated heterocycles. The van der Waals surface area contributed by atoms with Crippen LogP contribution in [0.15, 0.2) is 47.6 Å². The summed E-state index contributed by atoms with van der Waals surface area (Å²) in [5.74, 6) is 0.637. The lowest BCUT2D eigenvalue weighted by Crippen LogP contribution is -2.26. The van der Waals surface area contributed by atoms with Crippen molar-refractivity contribution in [3.8, 4) is 11.5 Å². The second kappa shape index (κ2) is 10.1. The Morgan fingerprint density at radius 1 is 0.964 bits per heavy atom. The molecule has 2 amide bonds. The standard InChI is InChI=1S/C21H25N3O4/c1-14-5-6-17(11-15(14)2)22-20(25)12-16(3)23-24-21(26)13-28-19-9-7-18(27-4)8-10-19/h5-11H,12-13H2,1-4H3,(H,22,25)(H,24,26). The van der Waals surface area contributed by atoms with Crippen molar-refractivity contribution in [2.24, 2.45) is 5.10 Å². The molecule has 0 radical (unpaired) electrons. The van der Waals surface area contributed by atoms with Crippen molar-refractivity contribution >= 4 is 23.2 Å². The van der Waals surface area contributed by atoms with Crippen LogP contribution < -0.4 is 20.2 Å². The highest BCUT2D eigenvalue weighted by Crippen LogP contribution is 2.17. The number of nitrogens with zero attached hydrogens (tertiary/aromatic N) is 1. The van der Waals surface area contributed by atoms with Gasteiger partial charge >= 0.3 is 0 Å². The summed E-state index contributed by atoms with van der Waals surface area (Å²) in [7, 11) is 1.58. The molecule has 0 aromatic heterocycles. The van der Waals surface area contributed by atoms with Crippen molar-refractivity contribution < 1.29 is 19.1 Å². The molecule has 0 aliphatic carbocycles. The second-order valence-corrected chi connectivity index (χ2v) is 6.37. The minimum absolute atomic E-state index is 0.0759. The fourth-order valence-corrected chi connectivity index (χ4v) is 2.31. The molecule has 28 heavy (non-hydrogen) atoms. The molecule has 7 nitrogen and oxygen atoms in total. The Labute approximate surface area is 164 Å². The highest BCUT2D eigenvalue weighted by Gasteiger charge is 2.07. The molecule has 0 unspecified atom stereocenters. The molecule has 0 spiro atoms. The first-order valence-corrected chi connectivity index (χ1v) is 8.83. The zero-order valence-electron chi connectivity index (χ0n) is 16.5. The Morgan fingerprint density at radius 2 is 1.64 bits per heavy atom. The number of ether oxygens (including phenoxy) is 2. The van der Waals surface area contributed by atoms with E-state index >= 15 is 0 Å². The quantitative estimate of drug-likeness (QED) is 0.541. The van der Waals surface area contributed by atoms with E-state index in [2.05, 4.69) is 15.8 Å². The van der Waals surface area contributed by atoms with E-state index in [0.29, 0.717) is 17.2 Å².